The van der Waals surface area contributed by atoms with E-state index >= 15 is 0 Å². The van der Waals surface area contributed by atoms with Crippen LogP contribution >= 0.6 is 22.7 Å². The van der Waals surface area contributed by atoms with Crippen molar-refractivity contribution in [3.63, 3.8) is 0 Å². The van der Waals surface area contributed by atoms with Crippen LogP contribution in [0.1, 0.15) is 54.3 Å². The molecule has 2 heterocycles. The van der Waals surface area contributed by atoms with Crippen molar-refractivity contribution in [2.75, 3.05) is 0 Å². The van der Waals surface area contributed by atoms with Gasteiger partial charge in [0.05, 0.1) is 10.8 Å². The Kier molecular flexibility index (Phi) is 5.98. The van der Waals surface area contributed by atoms with Crippen molar-refractivity contribution in [3.8, 4) is 20.9 Å². The van der Waals surface area contributed by atoms with E-state index in [0.717, 1.165) is 0 Å². The first kappa shape index (κ1) is 28.0. The van der Waals surface area contributed by atoms with Gasteiger partial charge < -0.3 is 0 Å². The van der Waals surface area contributed by atoms with Crippen molar-refractivity contribution in [1.29, 1.82) is 0 Å². The molecule has 2 aliphatic carbocycles. The maximum absolute atomic E-state index is 2.47. The molecule has 0 bridgehead atoms. The maximum atomic E-state index is 2.47. The second-order valence-corrected chi connectivity index (χ2v) is 15.7. The van der Waals surface area contributed by atoms with Crippen LogP contribution in [-0.2, 0) is 10.8 Å². The van der Waals surface area contributed by atoms with Crippen molar-refractivity contribution in [2.24, 2.45) is 0 Å². The fourth-order valence-corrected chi connectivity index (χ4v) is 11.3. The van der Waals surface area contributed by atoms with Crippen LogP contribution in [0, 0.1) is 13.8 Å². The minimum atomic E-state index is -0.458. The summed E-state index contributed by atoms with van der Waals surface area (Å²) in [6.45, 7) is 4.54. The molecule has 48 heavy (non-hydrogen) atoms. The highest BCUT2D eigenvalue weighted by atomic mass is 32.1. The van der Waals surface area contributed by atoms with E-state index in [-0.39, 0.29) is 0 Å². The minimum absolute atomic E-state index is 0.458. The topological polar surface area (TPSA) is 0 Å². The van der Waals surface area contributed by atoms with Crippen LogP contribution in [0.2, 0.25) is 0 Å². The van der Waals surface area contributed by atoms with Crippen LogP contribution in [0.5, 0.6) is 0 Å². The van der Waals surface area contributed by atoms with E-state index in [1.807, 2.05) is 22.7 Å². The van der Waals surface area contributed by atoms with Crippen LogP contribution in [-0.4, -0.2) is 0 Å². The molecule has 2 aliphatic rings. The van der Waals surface area contributed by atoms with Crippen LogP contribution in [0.15, 0.2) is 158 Å². The third-order valence-electron chi connectivity index (χ3n) is 10.8. The van der Waals surface area contributed by atoms with Gasteiger partial charge in [-0.2, -0.15) is 0 Å². The average molecular weight is 649 g/mol. The Balaban J connectivity index is 1.45. The molecule has 0 fully saturated rings. The van der Waals surface area contributed by atoms with Gasteiger partial charge in [-0.15, -0.1) is 22.7 Å². The highest BCUT2D eigenvalue weighted by molar-refractivity contribution is 7.16. The zero-order valence-corrected chi connectivity index (χ0v) is 28.5. The first-order valence-electron chi connectivity index (χ1n) is 16.7. The van der Waals surface area contributed by atoms with E-state index in [2.05, 4.69) is 172 Å². The van der Waals surface area contributed by atoms with E-state index in [1.54, 1.807) is 0 Å². The Morgan fingerprint density at radius 2 is 0.667 bits per heavy atom. The summed E-state index contributed by atoms with van der Waals surface area (Å²) in [5.74, 6) is 0. The highest BCUT2D eigenvalue weighted by Crippen LogP contribution is 2.63. The molecule has 0 amide bonds. The third kappa shape index (κ3) is 3.49. The summed E-state index contributed by atoms with van der Waals surface area (Å²) in [6, 6.07) is 59.7. The zero-order valence-electron chi connectivity index (χ0n) is 26.8. The van der Waals surface area contributed by atoms with Gasteiger partial charge in [0.25, 0.3) is 0 Å². The highest BCUT2D eigenvalue weighted by Gasteiger charge is 2.50. The molecule has 0 atom stereocenters. The number of hydrogen-bond donors (Lipinski definition) is 0. The van der Waals surface area contributed by atoms with Crippen molar-refractivity contribution < 1.29 is 0 Å². The number of fused-ring (bicyclic) bond motifs is 4. The van der Waals surface area contributed by atoms with Crippen LogP contribution < -0.4 is 0 Å². The van der Waals surface area contributed by atoms with Crippen molar-refractivity contribution in [3.05, 3.63) is 212 Å². The Labute approximate surface area is 289 Å². The summed E-state index contributed by atoms with van der Waals surface area (Å²) >= 11 is 3.88. The SMILES string of the molecule is Cc1cc2c(s1)-c1ccc3c4c(ccc(c14)C2(c1ccccc1)c1ccccc1)-c1sc(C)cc1C3(c1ccccc1)c1ccccc1. The van der Waals surface area contributed by atoms with Gasteiger partial charge in [-0.1, -0.05) is 146 Å². The predicted octanol–water partition coefficient (Wildman–Crippen LogP) is 12.3. The Morgan fingerprint density at radius 3 is 0.979 bits per heavy atom. The number of thiophene rings is 2. The smallest absolute Gasteiger partial charge is 0.0722 e. The van der Waals surface area contributed by atoms with E-state index in [1.165, 1.54) is 85.9 Å². The lowest BCUT2D eigenvalue weighted by Crippen LogP contribution is -2.35. The lowest BCUT2D eigenvalue weighted by Gasteiger charge is -2.44. The van der Waals surface area contributed by atoms with Gasteiger partial charge in [-0.05, 0) is 81.3 Å². The van der Waals surface area contributed by atoms with E-state index in [0.29, 0.717) is 0 Å². The fraction of sp³-hybridized carbons (Fsp3) is 0.0870. The first-order chi connectivity index (χ1) is 23.6. The van der Waals surface area contributed by atoms with Gasteiger partial charge >= 0.3 is 0 Å². The molecule has 0 N–H and O–H groups in total. The average Bonchev–Trinajstić information content (AvgIpc) is 3.74. The quantitative estimate of drug-likeness (QED) is 0.178. The van der Waals surface area contributed by atoms with Gasteiger partial charge in [-0.3, -0.25) is 0 Å². The summed E-state index contributed by atoms with van der Waals surface area (Å²) in [4.78, 5) is 5.45. The Hall–Kier alpha value is -5.02. The largest absolute Gasteiger partial charge is 0.140 e. The second kappa shape index (κ2) is 10.2. The standard InChI is InChI=1S/C46H32S2/c1-29-27-39-43(47-29)35-23-25-38-42-36(24-26-37(41(35)42)45(39,31-15-7-3-8-16-31)32-17-9-4-10-18-32)44-40(28-30(2)48-44)46(38,33-19-11-5-12-20-33)34-21-13-6-14-22-34/h3-28H,1-2H3. The molecule has 228 valence electrons. The van der Waals surface area contributed by atoms with Gasteiger partial charge in [0.1, 0.15) is 0 Å². The summed E-state index contributed by atoms with van der Waals surface area (Å²) < 4.78 is 0. The molecule has 10 rings (SSSR count). The van der Waals surface area contributed by atoms with Crippen molar-refractivity contribution in [2.45, 2.75) is 24.7 Å². The van der Waals surface area contributed by atoms with Gasteiger partial charge in [-0.25, -0.2) is 0 Å². The van der Waals surface area contributed by atoms with Crippen LogP contribution in [0.4, 0.5) is 0 Å². The summed E-state index contributed by atoms with van der Waals surface area (Å²) in [5, 5.41) is 2.78. The van der Waals surface area contributed by atoms with Crippen molar-refractivity contribution >= 4 is 33.4 Å². The summed E-state index contributed by atoms with van der Waals surface area (Å²) in [6.07, 6.45) is 0. The van der Waals surface area contributed by atoms with Crippen LogP contribution in [0.3, 0.4) is 0 Å². The molecule has 0 nitrogen and oxygen atoms in total. The molecule has 8 aromatic rings. The zero-order chi connectivity index (χ0) is 32.0. The molecule has 0 unspecified atom stereocenters. The summed E-state index contributed by atoms with van der Waals surface area (Å²) in [7, 11) is 0. The normalized spacial score (nSPS) is 14.8. The Bertz CT molecular complexity index is 2240. The second-order valence-electron chi connectivity index (χ2n) is 13.2. The molecule has 2 aromatic heterocycles. The number of benzene rings is 6. The number of rotatable bonds is 4. The third-order valence-corrected chi connectivity index (χ3v) is 13.0. The first-order valence-corrected chi connectivity index (χ1v) is 18.3. The molecular formula is C46H32S2. The number of aryl methyl sites for hydroxylation is 2. The predicted molar refractivity (Wildman–Crippen MR) is 204 cm³/mol. The molecule has 0 aliphatic heterocycles. The molecule has 0 spiro atoms. The lowest BCUT2D eigenvalue weighted by atomic mass is 9.57. The maximum Gasteiger partial charge on any atom is 0.0722 e. The molecule has 2 heteroatoms. The minimum Gasteiger partial charge on any atom is -0.140 e. The molecular weight excluding hydrogens is 617 g/mol. The van der Waals surface area contributed by atoms with Gasteiger partial charge in [0.15, 0.2) is 0 Å². The monoisotopic (exact) mass is 648 g/mol. The fourth-order valence-electron chi connectivity index (χ4n) is 9.10. The molecule has 0 radical (unpaired) electrons. The van der Waals surface area contributed by atoms with Gasteiger partial charge in [0, 0.05) is 30.6 Å². The number of hydrogen-bond acceptors (Lipinski definition) is 2. The molecule has 6 aromatic carbocycles. The molecule has 0 saturated carbocycles. The van der Waals surface area contributed by atoms with E-state index < -0.39 is 10.8 Å². The van der Waals surface area contributed by atoms with Crippen LogP contribution in [0.25, 0.3) is 31.7 Å². The van der Waals surface area contributed by atoms with Crippen molar-refractivity contribution in [1.82, 2.24) is 0 Å². The lowest BCUT2D eigenvalue weighted by molar-refractivity contribution is 0.744. The van der Waals surface area contributed by atoms with E-state index in [4.69, 9.17) is 0 Å². The van der Waals surface area contributed by atoms with E-state index in [9.17, 15) is 0 Å². The Morgan fingerprint density at radius 1 is 0.354 bits per heavy atom. The molecule has 0 saturated heterocycles. The van der Waals surface area contributed by atoms with Gasteiger partial charge in [0.2, 0.25) is 0 Å². The summed E-state index contributed by atoms with van der Waals surface area (Å²) in [5.41, 5.74) is 12.5.